The van der Waals surface area contributed by atoms with E-state index in [9.17, 15) is 4.79 Å². The number of carbonyl (C=O) groups is 1. The van der Waals surface area contributed by atoms with Crippen LogP contribution in [0.1, 0.15) is 10.4 Å². The number of carbonyl (C=O) groups excluding carboxylic acids is 1. The summed E-state index contributed by atoms with van der Waals surface area (Å²) in [6, 6.07) is 3.31. The van der Waals surface area contributed by atoms with Gasteiger partial charge in [0.2, 0.25) is 6.79 Å². The molecule has 0 atom stereocenters. The number of aldehydes is 1. The number of aromatic nitrogens is 2. The van der Waals surface area contributed by atoms with Gasteiger partial charge < -0.3 is 18.8 Å². The van der Waals surface area contributed by atoms with Gasteiger partial charge in [-0.15, -0.1) is 0 Å². The van der Waals surface area contributed by atoms with E-state index >= 15 is 0 Å². The zero-order valence-corrected chi connectivity index (χ0v) is 10.1. The molecule has 6 heteroatoms. The Morgan fingerprint density at radius 2 is 2.21 bits per heavy atom. The van der Waals surface area contributed by atoms with E-state index in [1.165, 1.54) is 0 Å². The molecule has 1 aromatic carbocycles. The Bertz CT molecular complexity index is 581. The summed E-state index contributed by atoms with van der Waals surface area (Å²) < 4.78 is 18.0. The molecule has 0 unspecified atom stereocenters. The minimum absolute atomic E-state index is 0.173. The van der Waals surface area contributed by atoms with Crippen LogP contribution in [0.25, 0.3) is 0 Å². The molecule has 1 aromatic heterocycles. The van der Waals surface area contributed by atoms with Crippen molar-refractivity contribution >= 4 is 6.29 Å². The molecule has 0 fully saturated rings. The molecule has 1 aliphatic heterocycles. The molecular formula is C13H12N2O4. The highest BCUT2D eigenvalue weighted by molar-refractivity contribution is 5.81. The molecule has 0 N–H and O–H groups in total. The van der Waals surface area contributed by atoms with Crippen LogP contribution in [-0.4, -0.2) is 29.2 Å². The van der Waals surface area contributed by atoms with Crippen molar-refractivity contribution in [2.24, 2.45) is 0 Å². The molecule has 0 bridgehead atoms. The topological polar surface area (TPSA) is 62.6 Å². The highest BCUT2D eigenvalue weighted by Crippen LogP contribution is 2.37. The van der Waals surface area contributed by atoms with Crippen molar-refractivity contribution in [2.45, 2.75) is 6.54 Å². The Labute approximate surface area is 109 Å². The van der Waals surface area contributed by atoms with E-state index in [1.54, 1.807) is 24.7 Å². The molecule has 3 rings (SSSR count). The van der Waals surface area contributed by atoms with E-state index in [-0.39, 0.29) is 6.79 Å². The number of rotatable bonds is 5. The average molecular weight is 260 g/mol. The maximum Gasteiger partial charge on any atom is 0.231 e. The third kappa shape index (κ3) is 2.37. The number of hydrogen-bond donors (Lipinski definition) is 0. The molecule has 2 heterocycles. The van der Waals surface area contributed by atoms with Crippen LogP contribution in [0.2, 0.25) is 0 Å². The molecule has 0 radical (unpaired) electrons. The number of imidazole rings is 1. The normalized spacial score (nSPS) is 12.4. The van der Waals surface area contributed by atoms with E-state index in [1.807, 2.05) is 10.8 Å². The van der Waals surface area contributed by atoms with Gasteiger partial charge in [-0.1, -0.05) is 0 Å². The molecule has 0 saturated heterocycles. The smallest absolute Gasteiger partial charge is 0.231 e. The number of nitrogens with zero attached hydrogens (tertiary/aromatic N) is 2. The summed E-state index contributed by atoms with van der Waals surface area (Å²) in [4.78, 5) is 15.0. The van der Waals surface area contributed by atoms with E-state index in [0.29, 0.717) is 36.0 Å². The van der Waals surface area contributed by atoms with Crippen LogP contribution in [0.5, 0.6) is 17.2 Å². The fourth-order valence-electron chi connectivity index (χ4n) is 1.84. The molecule has 0 aliphatic carbocycles. The van der Waals surface area contributed by atoms with Crippen molar-refractivity contribution < 1.29 is 19.0 Å². The van der Waals surface area contributed by atoms with Crippen LogP contribution in [0, 0.1) is 0 Å². The van der Waals surface area contributed by atoms with Crippen molar-refractivity contribution in [3.63, 3.8) is 0 Å². The van der Waals surface area contributed by atoms with Gasteiger partial charge >= 0.3 is 0 Å². The first kappa shape index (κ1) is 11.6. The lowest BCUT2D eigenvalue weighted by Crippen LogP contribution is -2.07. The predicted molar refractivity (Wildman–Crippen MR) is 65.7 cm³/mol. The molecule has 0 saturated carbocycles. The fraction of sp³-hybridized carbons (Fsp3) is 0.231. The van der Waals surface area contributed by atoms with Gasteiger partial charge in [0.05, 0.1) is 18.4 Å². The third-order valence-corrected chi connectivity index (χ3v) is 2.80. The van der Waals surface area contributed by atoms with Crippen molar-refractivity contribution in [3.8, 4) is 17.2 Å². The second kappa shape index (κ2) is 5.01. The SMILES string of the molecule is O=Cc1cc2c(cc1OCCn1ccnc1)OCO2. The van der Waals surface area contributed by atoms with Gasteiger partial charge in [0.1, 0.15) is 12.4 Å². The summed E-state index contributed by atoms with van der Waals surface area (Å²) in [6.45, 7) is 1.27. The van der Waals surface area contributed by atoms with Crippen LogP contribution in [0.3, 0.4) is 0 Å². The van der Waals surface area contributed by atoms with Gasteiger partial charge in [-0.25, -0.2) is 4.98 Å². The molecule has 19 heavy (non-hydrogen) atoms. The van der Waals surface area contributed by atoms with Crippen molar-refractivity contribution in [1.29, 1.82) is 0 Å². The summed E-state index contributed by atoms with van der Waals surface area (Å²) in [6.07, 6.45) is 6.01. The maximum atomic E-state index is 11.0. The third-order valence-electron chi connectivity index (χ3n) is 2.80. The fourth-order valence-corrected chi connectivity index (χ4v) is 1.84. The average Bonchev–Trinajstić information content (AvgIpc) is 3.08. The summed E-state index contributed by atoms with van der Waals surface area (Å²) in [5, 5.41) is 0. The van der Waals surface area contributed by atoms with Gasteiger partial charge in [0.25, 0.3) is 0 Å². The summed E-state index contributed by atoms with van der Waals surface area (Å²) >= 11 is 0. The predicted octanol–water partition coefficient (Wildman–Crippen LogP) is 1.50. The molecule has 98 valence electrons. The Balaban J connectivity index is 1.71. The summed E-state index contributed by atoms with van der Waals surface area (Å²) in [5.74, 6) is 1.67. The molecule has 1 aliphatic rings. The number of fused-ring (bicyclic) bond motifs is 1. The monoisotopic (exact) mass is 260 g/mol. The lowest BCUT2D eigenvalue weighted by Gasteiger charge is -2.09. The van der Waals surface area contributed by atoms with Crippen molar-refractivity contribution in [2.75, 3.05) is 13.4 Å². The number of hydrogen-bond acceptors (Lipinski definition) is 5. The van der Waals surface area contributed by atoms with E-state index < -0.39 is 0 Å². The minimum atomic E-state index is 0.173. The van der Waals surface area contributed by atoms with Gasteiger partial charge in [-0.3, -0.25) is 4.79 Å². The van der Waals surface area contributed by atoms with E-state index in [2.05, 4.69) is 4.98 Å². The second-order valence-electron chi connectivity index (χ2n) is 4.01. The number of benzene rings is 1. The van der Waals surface area contributed by atoms with Crippen LogP contribution in [-0.2, 0) is 6.54 Å². The lowest BCUT2D eigenvalue weighted by molar-refractivity contribution is 0.111. The van der Waals surface area contributed by atoms with Gasteiger partial charge in [-0.2, -0.15) is 0 Å². The zero-order valence-electron chi connectivity index (χ0n) is 10.1. The molecule has 0 amide bonds. The molecule has 0 spiro atoms. The molecular weight excluding hydrogens is 248 g/mol. The van der Waals surface area contributed by atoms with Gasteiger partial charge in [0, 0.05) is 18.5 Å². The minimum Gasteiger partial charge on any atom is -0.491 e. The van der Waals surface area contributed by atoms with E-state index in [0.717, 1.165) is 6.29 Å². The highest BCUT2D eigenvalue weighted by Gasteiger charge is 2.17. The Morgan fingerprint density at radius 3 is 2.95 bits per heavy atom. The quantitative estimate of drug-likeness (QED) is 0.762. The first-order valence-corrected chi connectivity index (χ1v) is 5.84. The Hall–Kier alpha value is -2.50. The second-order valence-corrected chi connectivity index (χ2v) is 4.01. The number of ether oxygens (including phenoxy) is 3. The largest absolute Gasteiger partial charge is 0.491 e. The molecule has 2 aromatic rings. The zero-order chi connectivity index (χ0) is 13.1. The maximum absolute atomic E-state index is 11.0. The lowest BCUT2D eigenvalue weighted by atomic mass is 10.2. The standard InChI is InChI=1S/C13H12N2O4/c16-7-10-5-12-13(19-9-18-12)6-11(10)17-4-3-15-2-1-14-8-15/h1-2,5-8H,3-4,9H2. The van der Waals surface area contributed by atoms with Crippen LogP contribution in [0.15, 0.2) is 30.9 Å². The van der Waals surface area contributed by atoms with E-state index in [4.69, 9.17) is 14.2 Å². The van der Waals surface area contributed by atoms with Crippen molar-refractivity contribution in [1.82, 2.24) is 9.55 Å². The first-order valence-electron chi connectivity index (χ1n) is 5.84. The first-order chi connectivity index (χ1) is 9.36. The molecule has 6 nitrogen and oxygen atoms in total. The van der Waals surface area contributed by atoms with Crippen LogP contribution in [0.4, 0.5) is 0 Å². The Kier molecular flexibility index (Phi) is 3.06. The van der Waals surface area contributed by atoms with Crippen LogP contribution < -0.4 is 14.2 Å². The summed E-state index contributed by atoms with van der Waals surface area (Å²) in [7, 11) is 0. The highest BCUT2D eigenvalue weighted by atomic mass is 16.7. The Morgan fingerprint density at radius 1 is 1.37 bits per heavy atom. The van der Waals surface area contributed by atoms with Crippen molar-refractivity contribution in [3.05, 3.63) is 36.4 Å². The van der Waals surface area contributed by atoms with Gasteiger partial charge in [0.15, 0.2) is 17.8 Å². The van der Waals surface area contributed by atoms with Gasteiger partial charge in [-0.05, 0) is 6.07 Å². The van der Waals surface area contributed by atoms with Crippen LogP contribution >= 0.6 is 0 Å². The summed E-state index contributed by atoms with van der Waals surface area (Å²) in [5.41, 5.74) is 0.454.